The van der Waals surface area contributed by atoms with Crippen LogP contribution in [0.3, 0.4) is 0 Å². The largest absolute Gasteiger partial charge is 0.486 e. The molecule has 0 bridgehead atoms. The molecule has 0 aliphatic rings. The number of rotatable bonds is 5. The van der Waals surface area contributed by atoms with Crippen LogP contribution in [0.4, 0.5) is 5.82 Å². The number of aryl methyl sites for hydroxylation is 1. The predicted molar refractivity (Wildman–Crippen MR) is 81.2 cm³/mol. The van der Waals surface area contributed by atoms with Crippen LogP contribution < -0.4 is 10.1 Å². The average molecular weight is 271 g/mol. The Morgan fingerprint density at radius 1 is 1.15 bits per heavy atom. The second kappa shape index (κ2) is 6.37. The number of nitrogens with zero attached hydrogens (tertiary/aromatic N) is 2. The number of benzene rings is 1. The Bertz CT molecular complexity index is 567. The van der Waals surface area contributed by atoms with E-state index < -0.39 is 0 Å². The third-order valence-electron chi connectivity index (χ3n) is 3.11. The van der Waals surface area contributed by atoms with Crippen molar-refractivity contribution in [3.05, 3.63) is 47.4 Å². The van der Waals surface area contributed by atoms with Gasteiger partial charge in [0.2, 0.25) is 0 Å². The van der Waals surface area contributed by atoms with Crippen molar-refractivity contribution in [2.45, 2.75) is 33.3 Å². The molecule has 1 aromatic heterocycles. The highest BCUT2D eigenvalue weighted by molar-refractivity contribution is 5.47. The van der Waals surface area contributed by atoms with E-state index in [1.165, 1.54) is 0 Å². The van der Waals surface area contributed by atoms with Crippen molar-refractivity contribution in [1.29, 1.82) is 0 Å². The molecule has 2 aromatic rings. The van der Waals surface area contributed by atoms with E-state index in [0.717, 1.165) is 22.8 Å². The Kier molecular flexibility index (Phi) is 4.56. The van der Waals surface area contributed by atoms with E-state index in [0.29, 0.717) is 18.3 Å². The molecule has 0 radical (unpaired) electrons. The predicted octanol–water partition coefficient (Wildman–Crippen LogP) is 3.53. The zero-order valence-electron chi connectivity index (χ0n) is 12.5. The minimum Gasteiger partial charge on any atom is -0.486 e. The monoisotopic (exact) mass is 271 g/mol. The van der Waals surface area contributed by atoms with Crippen LogP contribution in [0.5, 0.6) is 5.75 Å². The molecule has 4 heteroatoms. The summed E-state index contributed by atoms with van der Waals surface area (Å²) in [6, 6.07) is 9.71. The normalized spacial score (nSPS) is 10.7. The Labute approximate surface area is 120 Å². The van der Waals surface area contributed by atoms with E-state index in [1.807, 2.05) is 44.3 Å². The van der Waals surface area contributed by atoms with Gasteiger partial charge in [0.15, 0.2) is 5.82 Å². The molecule has 4 nitrogen and oxygen atoms in total. The lowest BCUT2D eigenvalue weighted by molar-refractivity contribution is 0.295. The minimum absolute atomic E-state index is 0.373. The van der Waals surface area contributed by atoms with Gasteiger partial charge in [-0.1, -0.05) is 32.0 Å². The summed E-state index contributed by atoms with van der Waals surface area (Å²) in [5, 5.41) is 3.15. The summed E-state index contributed by atoms with van der Waals surface area (Å²) >= 11 is 0. The summed E-state index contributed by atoms with van der Waals surface area (Å²) in [4.78, 5) is 9.08. The molecule has 2 rings (SSSR count). The van der Waals surface area contributed by atoms with Crippen LogP contribution in [0.15, 0.2) is 30.3 Å². The molecule has 106 valence electrons. The maximum absolute atomic E-state index is 5.69. The van der Waals surface area contributed by atoms with Gasteiger partial charge in [-0.3, -0.25) is 0 Å². The summed E-state index contributed by atoms with van der Waals surface area (Å²) in [7, 11) is 1.88. The Morgan fingerprint density at radius 3 is 2.45 bits per heavy atom. The maximum atomic E-state index is 5.69. The molecule has 0 aliphatic carbocycles. The van der Waals surface area contributed by atoms with Crippen molar-refractivity contribution in [3.63, 3.8) is 0 Å². The van der Waals surface area contributed by atoms with Crippen LogP contribution in [-0.4, -0.2) is 17.0 Å². The number of ether oxygens (including phenoxy) is 1. The maximum Gasteiger partial charge on any atom is 0.168 e. The highest BCUT2D eigenvalue weighted by Gasteiger charge is 2.14. The molecule has 1 N–H and O–H groups in total. The first kappa shape index (κ1) is 14.3. The SMILES string of the molecule is CNc1nc(COc2ccccc2)nc(C)c1C(C)C. The van der Waals surface area contributed by atoms with Crippen molar-refractivity contribution >= 4 is 5.82 Å². The average Bonchev–Trinajstić information content (AvgIpc) is 2.45. The molecule has 0 fully saturated rings. The van der Waals surface area contributed by atoms with Gasteiger partial charge in [0, 0.05) is 18.3 Å². The summed E-state index contributed by atoms with van der Waals surface area (Å²) in [5.74, 6) is 2.80. The molecule has 1 heterocycles. The van der Waals surface area contributed by atoms with Gasteiger partial charge >= 0.3 is 0 Å². The van der Waals surface area contributed by atoms with Gasteiger partial charge in [0.1, 0.15) is 18.2 Å². The molecule has 0 amide bonds. The zero-order chi connectivity index (χ0) is 14.5. The van der Waals surface area contributed by atoms with Crippen molar-refractivity contribution < 1.29 is 4.74 Å². The van der Waals surface area contributed by atoms with Crippen molar-refractivity contribution in [2.24, 2.45) is 0 Å². The zero-order valence-corrected chi connectivity index (χ0v) is 12.5. The van der Waals surface area contributed by atoms with Crippen LogP contribution in [0.25, 0.3) is 0 Å². The fourth-order valence-electron chi connectivity index (χ4n) is 2.25. The molecule has 0 spiro atoms. The first-order chi connectivity index (χ1) is 9.61. The first-order valence-corrected chi connectivity index (χ1v) is 6.84. The molecule has 0 saturated heterocycles. The third kappa shape index (κ3) is 3.26. The second-order valence-electron chi connectivity index (χ2n) is 4.99. The van der Waals surface area contributed by atoms with Gasteiger partial charge in [0.05, 0.1) is 0 Å². The molecule has 0 atom stereocenters. The number of hydrogen-bond acceptors (Lipinski definition) is 4. The summed E-state index contributed by atoms with van der Waals surface area (Å²) in [5.41, 5.74) is 2.17. The van der Waals surface area contributed by atoms with E-state index in [2.05, 4.69) is 29.1 Å². The number of aromatic nitrogens is 2. The van der Waals surface area contributed by atoms with E-state index >= 15 is 0 Å². The quantitative estimate of drug-likeness (QED) is 0.903. The molecule has 20 heavy (non-hydrogen) atoms. The van der Waals surface area contributed by atoms with E-state index in [4.69, 9.17) is 4.74 Å². The molecule has 0 unspecified atom stereocenters. The smallest absolute Gasteiger partial charge is 0.168 e. The van der Waals surface area contributed by atoms with E-state index in [-0.39, 0.29) is 0 Å². The Hall–Kier alpha value is -2.10. The van der Waals surface area contributed by atoms with E-state index in [1.54, 1.807) is 0 Å². The van der Waals surface area contributed by atoms with Crippen LogP contribution in [0.1, 0.15) is 36.8 Å². The van der Waals surface area contributed by atoms with Crippen LogP contribution in [0, 0.1) is 6.92 Å². The Morgan fingerprint density at radius 2 is 1.85 bits per heavy atom. The summed E-state index contributed by atoms with van der Waals surface area (Å²) in [6.45, 7) is 6.68. The van der Waals surface area contributed by atoms with Crippen molar-refractivity contribution in [2.75, 3.05) is 12.4 Å². The molecule has 0 saturated carbocycles. The standard InChI is InChI=1S/C16H21N3O/c1-11(2)15-12(3)18-14(19-16(15)17-4)10-20-13-8-6-5-7-9-13/h5-9,11H,10H2,1-4H3,(H,17,18,19). The first-order valence-electron chi connectivity index (χ1n) is 6.84. The highest BCUT2D eigenvalue weighted by atomic mass is 16.5. The topological polar surface area (TPSA) is 47.0 Å². The highest BCUT2D eigenvalue weighted by Crippen LogP contribution is 2.25. The number of hydrogen-bond donors (Lipinski definition) is 1. The lowest BCUT2D eigenvalue weighted by Crippen LogP contribution is -2.10. The van der Waals surface area contributed by atoms with Gasteiger partial charge in [0.25, 0.3) is 0 Å². The molecule has 1 aromatic carbocycles. The number of nitrogens with one attached hydrogen (secondary N) is 1. The minimum atomic E-state index is 0.373. The fourth-order valence-corrected chi connectivity index (χ4v) is 2.25. The van der Waals surface area contributed by atoms with Gasteiger partial charge in [-0.15, -0.1) is 0 Å². The van der Waals surface area contributed by atoms with Gasteiger partial charge in [-0.25, -0.2) is 9.97 Å². The van der Waals surface area contributed by atoms with Gasteiger partial charge in [-0.05, 0) is 25.0 Å². The van der Waals surface area contributed by atoms with Gasteiger partial charge in [-0.2, -0.15) is 0 Å². The summed E-state index contributed by atoms with van der Waals surface area (Å²) in [6.07, 6.45) is 0. The van der Waals surface area contributed by atoms with Crippen molar-refractivity contribution in [3.8, 4) is 5.75 Å². The fraction of sp³-hybridized carbons (Fsp3) is 0.375. The van der Waals surface area contributed by atoms with E-state index in [9.17, 15) is 0 Å². The van der Waals surface area contributed by atoms with Crippen molar-refractivity contribution in [1.82, 2.24) is 9.97 Å². The second-order valence-corrected chi connectivity index (χ2v) is 4.99. The van der Waals surface area contributed by atoms with Crippen LogP contribution in [0.2, 0.25) is 0 Å². The lowest BCUT2D eigenvalue weighted by Gasteiger charge is -2.15. The molecule has 0 aliphatic heterocycles. The summed E-state index contributed by atoms with van der Waals surface area (Å²) < 4.78 is 5.69. The lowest BCUT2D eigenvalue weighted by atomic mass is 10.0. The van der Waals surface area contributed by atoms with Crippen LogP contribution in [-0.2, 0) is 6.61 Å². The van der Waals surface area contributed by atoms with Crippen LogP contribution >= 0.6 is 0 Å². The number of para-hydroxylation sites is 1. The Balaban J connectivity index is 2.19. The number of anilines is 1. The third-order valence-corrected chi connectivity index (χ3v) is 3.11. The molecular formula is C16H21N3O. The molecular weight excluding hydrogens is 250 g/mol. The van der Waals surface area contributed by atoms with Gasteiger partial charge < -0.3 is 10.1 Å².